The van der Waals surface area contributed by atoms with Gasteiger partial charge in [-0.2, -0.15) is 5.10 Å². The van der Waals surface area contributed by atoms with Crippen LogP contribution in [0.1, 0.15) is 22.7 Å². The van der Waals surface area contributed by atoms with Crippen molar-refractivity contribution in [1.82, 2.24) is 14.7 Å². The highest BCUT2D eigenvalue weighted by atomic mass is 19.1. The molecule has 0 bridgehead atoms. The lowest BCUT2D eigenvalue weighted by Crippen LogP contribution is -2.33. The fourth-order valence-electron chi connectivity index (χ4n) is 2.48. The molecule has 0 radical (unpaired) electrons. The first-order valence-electron chi connectivity index (χ1n) is 7.05. The van der Waals surface area contributed by atoms with Crippen LogP contribution in [-0.2, 0) is 18.3 Å². The summed E-state index contributed by atoms with van der Waals surface area (Å²) in [6.45, 7) is 2.13. The van der Waals surface area contributed by atoms with E-state index in [9.17, 15) is 14.3 Å². The number of hydrogen-bond donors (Lipinski definition) is 1. The van der Waals surface area contributed by atoms with Crippen LogP contribution in [0.25, 0.3) is 0 Å². The van der Waals surface area contributed by atoms with Gasteiger partial charge >= 0.3 is 5.97 Å². The van der Waals surface area contributed by atoms with Gasteiger partial charge in [0.15, 0.2) is 0 Å². The van der Waals surface area contributed by atoms with Crippen LogP contribution in [-0.4, -0.2) is 39.3 Å². The summed E-state index contributed by atoms with van der Waals surface area (Å²) in [5, 5.41) is 13.6. The molecule has 1 N–H and O–H groups in total. The molecular weight excluding hydrogens is 285 g/mol. The topological polar surface area (TPSA) is 58.4 Å². The van der Waals surface area contributed by atoms with E-state index >= 15 is 0 Å². The zero-order valence-electron chi connectivity index (χ0n) is 13.0. The summed E-state index contributed by atoms with van der Waals surface area (Å²) in [6, 6.07) is 3.84. The normalized spacial score (nSPS) is 12.6. The van der Waals surface area contributed by atoms with Gasteiger partial charge < -0.3 is 5.11 Å². The molecule has 0 fully saturated rings. The van der Waals surface area contributed by atoms with Crippen molar-refractivity contribution in [2.24, 2.45) is 7.05 Å². The minimum absolute atomic E-state index is 0.196. The van der Waals surface area contributed by atoms with Crippen LogP contribution in [0.2, 0.25) is 0 Å². The van der Waals surface area contributed by atoms with Crippen LogP contribution in [0.3, 0.4) is 0 Å². The second-order valence-electron chi connectivity index (χ2n) is 5.47. The average molecular weight is 305 g/mol. The Morgan fingerprint density at radius 1 is 1.50 bits per heavy atom. The van der Waals surface area contributed by atoms with Crippen molar-refractivity contribution in [2.45, 2.75) is 19.4 Å². The number of carboxylic acids is 1. The predicted octanol–water partition coefficient (Wildman–Crippen LogP) is 2.17. The smallest absolute Gasteiger partial charge is 0.325 e. The Labute approximate surface area is 129 Å². The second-order valence-corrected chi connectivity index (χ2v) is 5.47. The Balaban J connectivity index is 2.16. The summed E-state index contributed by atoms with van der Waals surface area (Å²) in [7, 11) is 3.52. The maximum atomic E-state index is 14.2. The molecule has 118 valence electrons. The van der Waals surface area contributed by atoms with Crippen molar-refractivity contribution in [3.8, 4) is 0 Å². The van der Waals surface area contributed by atoms with Gasteiger partial charge in [0, 0.05) is 25.4 Å². The number of aromatic nitrogens is 2. The number of aryl methyl sites for hydroxylation is 2. The molecule has 5 nitrogen and oxygen atoms in total. The molecule has 22 heavy (non-hydrogen) atoms. The van der Waals surface area contributed by atoms with Gasteiger partial charge in [0.1, 0.15) is 11.9 Å². The molecule has 0 aliphatic carbocycles. The molecule has 1 unspecified atom stereocenters. The molecule has 0 saturated carbocycles. The number of rotatable bonds is 6. The van der Waals surface area contributed by atoms with Gasteiger partial charge in [-0.1, -0.05) is 18.2 Å². The largest absolute Gasteiger partial charge is 0.480 e. The van der Waals surface area contributed by atoms with Gasteiger partial charge in [0.05, 0.1) is 6.20 Å². The van der Waals surface area contributed by atoms with Crippen molar-refractivity contribution in [1.29, 1.82) is 0 Å². The van der Waals surface area contributed by atoms with E-state index in [4.69, 9.17) is 0 Å². The number of carboxylic acid groups (broad SMARTS) is 1. The summed E-state index contributed by atoms with van der Waals surface area (Å²) in [6.07, 6.45) is 4.29. The van der Waals surface area contributed by atoms with Crippen LogP contribution in [0.5, 0.6) is 0 Å². The Kier molecular flexibility index (Phi) is 4.92. The molecule has 1 aromatic carbocycles. The Morgan fingerprint density at radius 3 is 2.82 bits per heavy atom. The molecule has 1 aromatic heterocycles. The highest BCUT2D eigenvalue weighted by Gasteiger charge is 2.27. The standard InChI is InChI=1S/C16H20FN3O2/c1-11-5-4-6-13(14(11)17)15(16(21)22)19(2)8-7-12-9-18-20(3)10-12/h4-6,9-10,15H,7-8H2,1-3H3,(H,21,22). The molecule has 0 amide bonds. The minimum atomic E-state index is -1.06. The van der Waals surface area contributed by atoms with Gasteiger partial charge in [-0.3, -0.25) is 14.4 Å². The van der Waals surface area contributed by atoms with Crippen LogP contribution in [0, 0.1) is 12.7 Å². The highest BCUT2D eigenvalue weighted by Crippen LogP contribution is 2.24. The highest BCUT2D eigenvalue weighted by molar-refractivity contribution is 5.75. The molecule has 6 heteroatoms. The molecule has 2 rings (SSSR count). The Morgan fingerprint density at radius 2 is 2.23 bits per heavy atom. The van der Waals surface area contributed by atoms with E-state index in [0.29, 0.717) is 18.5 Å². The number of benzene rings is 1. The summed E-state index contributed by atoms with van der Waals surface area (Å²) >= 11 is 0. The van der Waals surface area contributed by atoms with Crippen molar-refractivity contribution in [3.05, 3.63) is 53.1 Å². The van der Waals surface area contributed by atoms with Crippen molar-refractivity contribution < 1.29 is 14.3 Å². The van der Waals surface area contributed by atoms with E-state index in [2.05, 4.69) is 5.10 Å². The summed E-state index contributed by atoms with van der Waals surface area (Å²) in [5.41, 5.74) is 1.66. The predicted molar refractivity (Wildman–Crippen MR) is 81.1 cm³/mol. The van der Waals surface area contributed by atoms with Crippen molar-refractivity contribution >= 4 is 5.97 Å². The number of nitrogens with zero attached hydrogens (tertiary/aromatic N) is 3. The van der Waals surface area contributed by atoms with Gasteiger partial charge in [-0.15, -0.1) is 0 Å². The van der Waals surface area contributed by atoms with E-state index < -0.39 is 17.8 Å². The van der Waals surface area contributed by atoms with E-state index in [1.165, 1.54) is 6.07 Å². The summed E-state index contributed by atoms with van der Waals surface area (Å²) in [5.74, 6) is -1.51. The van der Waals surface area contributed by atoms with Crippen molar-refractivity contribution in [2.75, 3.05) is 13.6 Å². The minimum Gasteiger partial charge on any atom is -0.480 e. The van der Waals surface area contributed by atoms with Gasteiger partial charge in [-0.05, 0) is 31.5 Å². The number of carbonyl (C=O) groups is 1. The van der Waals surface area contributed by atoms with Gasteiger partial charge in [-0.25, -0.2) is 4.39 Å². The van der Waals surface area contributed by atoms with Crippen LogP contribution < -0.4 is 0 Å². The van der Waals surface area contributed by atoms with Crippen LogP contribution >= 0.6 is 0 Å². The fraction of sp³-hybridized carbons (Fsp3) is 0.375. The van der Waals surface area contributed by atoms with Crippen LogP contribution in [0.4, 0.5) is 4.39 Å². The Hall–Kier alpha value is -2.21. The molecule has 1 atom stereocenters. The summed E-state index contributed by atoms with van der Waals surface area (Å²) < 4.78 is 15.9. The average Bonchev–Trinajstić information content (AvgIpc) is 2.87. The third-order valence-corrected chi connectivity index (χ3v) is 3.70. The van der Waals surface area contributed by atoms with Crippen LogP contribution in [0.15, 0.2) is 30.6 Å². The quantitative estimate of drug-likeness (QED) is 0.888. The molecule has 0 aliphatic heterocycles. The monoisotopic (exact) mass is 305 g/mol. The number of hydrogen-bond acceptors (Lipinski definition) is 3. The molecular formula is C16H20FN3O2. The first kappa shape index (κ1) is 16.2. The first-order chi connectivity index (χ1) is 10.4. The molecule has 0 spiro atoms. The lowest BCUT2D eigenvalue weighted by atomic mass is 10.0. The third kappa shape index (κ3) is 3.51. The molecule has 0 saturated heterocycles. The number of aliphatic carboxylic acids is 1. The Bertz CT molecular complexity index is 669. The third-order valence-electron chi connectivity index (χ3n) is 3.70. The van der Waals surface area contributed by atoms with Crippen molar-refractivity contribution in [3.63, 3.8) is 0 Å². The van der Waals surface area contributed by atoms with E-state index in [0.717, 1.165) is 5.56 Å². The second kappa shape index (κ2) is 6.70. The lowest BCUT2D eigenvalue weighted by Gasteiger charge is -2.25. The van der Waals surface area contributed by atoms with E-state index in [1.54, 1.807) is 41.9 Å². The maximum absolute atomic E-state index is 14.2. The van der Waals surface area contributed by atoms with E-state index in [1.807, 2.05) is 13.2 Å². The zero-order valence-corrected chi connectivity index (χ0v) is 13.0. The number of halogens is 1. The zero-order chi connectivity index (χ0) is 16.3. The lowest BCUT2D eigenvalue weighted by molar-refractivity contribution is -0.143. The molecule has 2 aromatic rings. The SMILES string of the molecule is Cc1cccc(C(C(=O)O)N(C)CCc2cnn(C)c2)c1F. The maximum Gasteiger partial charge on any atom is 0.325 e. The van der Waals surface area contributed by atoms with E-state index in [-0.39, 0.29) is 5.56 Å². The number of likely N-dealkylation sites (N-methyl/N-ethyl adjacent to an activating group) is 1. The molecule has 0 aliphatic rings. The summed E-state index contributed by atoms with van der Waals surface area (Å²) in [4.78, 5) is 13.2. The van der Waals surface area contributed by atoms with Gasteiger partial charge in [0.25, 0.3) is 0 Å². The van der Waals surface area contributed by atoms with Gasteiger partial charge in [0.2, 0.25) is 0 Å². The fourth-order valence-corrected chi connectivity index (χ4v) is 2.48. The molecule has 1 heterocycles. The first-order valence-corrected chi connectivity index (χ1v) is 7.05.